The summed E-state index contributed by atoms with van der Waals surface area (Å²) >= 11 is 0. The first-order chi connectivity index (χ1) is 17.7. The predicted molar refractivity (Wildman–Crippen MR) is 149 cm³/mol. The number of rotatable bonds is 12. The van der Waals surface area contributed by atoms with E-state index >= 15 is 0 Å². The Bertz CT molecular complexity index is 1210. The highest BCUT2D eigenvalue weighted by Gasteiger charge is 2.24. The number of amides is 1. The smallest absolute Gasteiger partial charge is 0.229 e. The lowest BCUT2D eigenvalue weighted by molar-refractivity contribution is -0.121. The van der Waals surface area contributed by atoms with Gasteiger partial charge in [0.25, 0.3) is 0 Å². The van der Waals surface area contributed by atoms with Crippen molar-refractivity contribution in [1.82, 2.24) is 15.0 Å². The number of hydrogen-bond donors (Lipinski definition) is 1. The molecule has 3 rings (SSSR count). The molecule has 0 aliphatic carbocycles. The van der Waals surface area contributed by atoms with Gasteiger partial charge in [0.1, 0.15) is 5.75 Å². The first-order valence-corrected chi connectivity index (χ1v) is 13.2. The van der Waals surface area contributed by atoms with Gasteiger partial charge in [-0.2, -0.15) is 0 Å². The molecule has 2 aromatic heterocycles. The van der Waals surface area contributed by atoms with Crippen LogP contribution in [-0.4, -0.2) is 35.0 Å². The molecule has 0 bridgehead atoms. The number of carbonyl (C=O) groups is 1. The highest BCUT2D eigenvalue weighted by molar-refractivity contribution is 5.95. The molecule has 8 nitrogen and oxygen atoms in total. The van der Waals surface area contributed by atoms with E-state index in [1.807, 2.05) is 46.0 Å². The third kappa shape index (κ3) is 6.87. The van der Waals surface area contributed by atoms with Crippen molar-refractivity contribution in [1.29, 1.82) is 0 Å². The van der Waals surface area contributed by atoms with Crippen LogP contribution in [0.2, 0.25) is 0 Å². The molecule has 0 aliphatic rings. The van der Waals surface area contributed by atoms with E-state index in [0.717, 1.165) is 47.6 Å². The number of nitrogens with one attached hydrogen (secondary N) is 1. The molecule has 37 heavy (non-hydrogen) atoms. The van der Waals surface area contributed by atoms with E-state index in [9.17, 15) is 4.79 Å². The summed E-state index contributed by atoms with van der Waals surface area (Å²) in [5.41, 5.74) is 3.98. The monoisotopic (exact) mass is 507 g/mol. The number of carbonyl (C=O) groups excluding carboxylic acids is 1. The van der Waals surface area contributed by atoms with E-state index < -0.39 is 0 Å². The first-order valence-electron chi connectivity index (χ1n) is 13.2. The van der Waals surface area contributed by atoms with Crippen molar-refractivity contribution in [2.24, 2.45) is 11.8 Å². The Balaban J connectivity index is 1.78. The van der Waals surface area contributed by atoms with Crippen LogP contribution < -0.4 is 15.0 Å². The van der Waals surface area contributed by atoms with Gasteiger partial charge in [-0.15, -0.1) is 0 Å². The van der Waals surface area contributed by atoms with Crippen LogP contribution in [0.3, 0.4) is 0 Å². The summed E-state index contributed by atoms with van der Waals surface area (Å²) in [4.78, 5) is 28.6. The second-order valence-corrected chi connectivity index (χ2v) is 9.81. The molecule has 0 spiro atoms. The molecule has 200 valence electrons. The van der Waals surface area contributed by atoms with Crippen LogP contribution in [0.5, 0.6) is 5.75 Å². The Morgan fingerprint density at radius 2 is 1.92 bits per heavy atom. The van der Waals surface area contributed by atoms with Gasteiger partial charge in [0.2, 0.25) is 11.9 Å². The van der Waals surface area contributed by atoms with Gasteiger partial charge < -0.3 is 19.4 Å². The zero-order valence-electron chi connectivity index (χ0n) is 23.5. The van der Waals surface area contributed by atoms with Crippen molar-refractivity contribution in [2.45, 2.75) is 73.6 Å². The number of anilines is 3. The second-order valence-electron chi connectivity index (χ2n) is 9.81. The molecular weight excluding hydrogens is 466 g/mol. The summed E-state index contributed by atoms with van der Waals surface area (Å²) < 4.78 is 11.2. The Morgan fingerprint density at radius 1 is 1.16 bits per heavy atom. The van der Waals surface area contributed by atoms with Crippen molar-refractivity contribution in [2.75, 3.05) is 24.4 Å². The maximum atomic E-state index is 13.2. The van der Waals surface area contributed by atoms with Crippen LogP contribution >= 0.6 is 0 Å². The van der Waals surface area contributed by atoms with E-state index in [4.69, 9.17) is 19.1 Å². The summed E-state index contributed by atoms with van der Waals surface area (Å²) in [6.45, 7) is 12.3. The van der Waals surface area contributed by atoms with Crippen molar-refractivity contribution < 1.29 is 13.9 Å². The Kier molecular flexibility index (Phi) is 9.66. The van der Waals surface area contributed by atoms with Crippen molar-refractivity contribution >= 4 is 23.2 Å². The van der Waals surface area contributed by atoms with Crippen molar-refractivity contribution in [3.05, 3.63) is 41.7 Å². The minimum Gasteiger partial charge on any atom is -0.496 e. The highest BCUT2D eigenvalue weighted by atomic mass is 16.5. The molecule has 1 amide bonds. The van der Waals surface area contributed by atoms with Gasteiger partial charge in [-0.25, -0.2) is 15.0 Å². The standard InChI is InChI=1S/C29H41N5O3/c1-9-18(3)12-11-13-19(4)28(35)34(7)27-20(5)31-29(33-24(27)10-2)32-22-14-15-23(25(16-22)36-8)26-17-30-21(6)37-26/h14-19H,9-13H2,1-8H3,(H,31,32,33). The average molecular weight is 508 g/mol. The van der Waals surface area contributed by atoms with Crippen molar-refractivity contribution in [3.8, 4) is 17.1 Å². The molecule has 2 heterocycles. The lowest BCUT2D eigenvalue weighted by Crippen LogP contribution is -2.33. The van der Waals surface area contributed by atoms with Crippen LogP contribution in [-0.2, 0) is 11.2 Å². The molecule has 3 aromatic rings. The van der Waals surface area contributed by atoms with Gasteiger partial charge in [-0.3, -0.25) is 4.79 Å². The van der Waals surface area contributed by atoms with Gasteiger partial charge >= 0.3 is 0 Å². The third-order valence-electron chi connectivity index (χ3n) is 6.93. The van der Waals surface area contributed by atoms with E-state index in [-0.39, 0.29) is 11.8 Å². The summed E-state index contributed by atoms with van der Waals surface area (Å²) in [6.07, 6.45) is 6.65. The predicted octanol–water partition coefficient (Wildman–Crippen LogP) is 6.88. The summed E-state index contributed by atoms with van der Waals surface area (Å²) in [7, 11) is 3.45. The minimum atomic E-state index is -0.0462. The number of aromatic nitrogens is 3. The number of oxazole rings is 1. The van der Waals surface area contributed by atoms with Crippen LogP contribution in [0.1, 0.15) is 70.7 Å². The first kappa shape index (κ1) is 28.2. The fourth-order valence-electron chi connectivity index (χ4n) is 4.49. The molecule has 0 aliphatic heterocycles. The van der Waals surface area contributed by atoms with Crippen LogP contribution in [0, 0.1) is 25.7 Å². The zero-order valence-corrected chi connectivity index (χ0v) is 23.5. The van der Waals surface area contributed by atoms with Crippen molar-refractivity contribution in [3.63, 3.8) is 0 Å². The number of nitrogens with zero attached hydrogens (tertiary/aromatic N) is 4. The number of aryl methyl sites for hydroxylation is 3. The van der Waals surface area contributed by atoms with Gasteiger partial charge in [-0.1, -0.05) is 47.0 Å². The summed E-state index contributed by atoms with van der Waals surface area (Å²) in [5, 5.41) is 3.29. The maximum Gasteiger partial charge on any atom is 0.229 e. The lowest BCUT2D eigenvalue weighted by Gasteiger charge is -2.25. The fraction of sp³-hybridized carbons (Fsp3) is 0.517. The van der Waals surface area contributed by atoms with Gasteiger partial charge in [0.05, 0.1) is 35.9 Å². The third-order valence-corrected chi connectivity index (χ3v) is 6.93. The Hall–Kier alpha value is -3.42. The topological polar surface area (TPSA) is 93.4 Å². The summed E-state index contributed by atoms with van der Waals surface area (Å²) in [6, 6.07) is 5.71. The zero-order chi connectivity index (χ0) is 27.1. The summed E-state index contributed by atoms with van der Waals surface area (Å²) in [5.74, 6) is 3.13. The second kappa shape index (κ2) is 12.7. The van der Waals surface area contributed by atoms with Gasteiger partial charge in [0.15, 0.2) is 11.7 Å². The number of hydrogen-bond acceptors (Lipinski definition) is 7. The van der Waals surface area contributed by atoms with Crippen LogP contribution in [0.4, 0.5) is 17.3 Å². The molecule has 0 fully saturated rings. The van der Waals surface area contributed by atoms with E-state index in [1.165, 1.54) is 6.42 Å². The van der Waals surface area contributed by atoms with Gasteiger partial charge in [-0.05, 0) is 37.8 Å². The molecular formula is C29H41N5O3. The molecule has 2 atom stereocenters. The van der Waals surface area contributed by atoms with E-state index in [0.29, 0.717) is 35.7 Å². The lowest BCUT2D eigenvalue weighted by atomic mass is 9.96. The maximum absolute atomic E-state index is 13.2. The fourth-order valence-corrected chi connectivity index (χ4v) is 4.49. The molecule has 2 unspecified atom stereocenters. The quantitative estimate of drug-likeness (QED) is 0.286. The molecule has 8 heteroatoms. The van der Waals surface area contributed by atoms with E-state index in [2.05, 4.69) is 24.1 Å². The average Bonchev–Trinajstić information content (AvgIpc) is 3.32. The molecule has 0 radical (unpaired) electrons. The Morgan fingerprint density at radius 3 is 2.54 bits per heavy atom. The number of ether oxygens (including phenoxy) is 1. The SMILES string of the molecule is CCc1nc(Nc2ccc(-c3cnc(C)o3)c(OC)c2)nc(C)c1N(C)C(=O)C(C)CCCC(C)CC. The van der Waals surface area contributed by atoms with Crippen LogP contribution in [0.25, 0.3) is 11.3 Å². The molecule has 0 saturated carbocycles. The Labute approximate surface area is 220 Å². The minimum absolute atomic E-state index is 0.0462. The van der Waals surface area contributed by atoms with E-state index in [1.54, 1.807) is 25.1 Å². The normalized spacial score (nSPS) is 12.8. The number of benzene rings is 1. The largest absolute Gasteiger partial charge is 0.496 e. The molecule has 1 aromatic carbocycles. The van der Waals surface area contributed by atoms with Crippen LogP contribution in [0.15, 0.2) is 28.8 Å². The molecule has 1 N–H and O–H groups in total. The molecule has 0 saturated heterocycles. The number of methoxy groups -OCH3 is 1. The van der Waals surface area contributed by atoms with Gasteiger partial charge in [0, 0.05) is 31.6 Å². The highest BCUT2D eigenvalue weighted by Crippen LogP contribution is 2.34.